The van der Waals surface area contributed by atoms with Crippen molar-refractivity contribution >= 4 is 17.3 Å². The zero-order chi connectivity index (χ0) is 17.8. The first-order valence-corrected chi connectivity index (χ1v) is 8.49. The van der Waals surface area contributed by atoms with Crippen molar-refractivity contribution in [3.8, 4) is 5.75 Å². The highest BCUT2D eigenvalue weighted by molar-refractivity contribution is 5.93. The molecule has 25 heavy (non-hydrogen) atoms. The van der Waals surface area contributed by atoms with Crippen LogP contribution in [-0.4, -0.2) is 43.2 Å². The highest BCUT2D eigenvalue weighted by atomic mass is 19.1. The number of phenols is 1. The minimum Gasteiger partial charge on any atom is -0.506 e. The number of phenolic OH excluding ortho intramolecular Hbond substituents is 1. The molecule has 0 spiro atoms. The Morgan fingerprint density at radius 3 is 2.48 bits per heavy atom. The van der Waals surface area contributed by atoms with Crippen LogP contribution >= 0.6 is 0 Å². The van der Waals surface area contributed by atoms with Gasteiger partial charge in [0.25, 0.3) is 5.91 Å². The van der Waals surface area contributed by atoms with Crippen molar-refractivity contribution in [2.24, 2.45) is 0 Å². The first kappa shape index (κ1) is 17.2. The maximum atomic E-state index is 13.7. The summed E-state index contributed by atoms with van der Waals surface area (Å²) in [6.45, 7) is 4.93. The Hall–Kier alpha value is -2.60. The first-order chi connectivity index (χ1) is 12.1. The van der Waals surface area contributed by atoms with Crippen LogP contribution in [-0.2, 0) is 4.79 Å². The van der Waals surface area contributed by atoms with E-state index >= 15 is 0 Å². The summed E-state index contributed by atoms with van der Waals surface area (Å²) in [6.07, 6.45) is 0. The van der Waals surface area contributed by atoms with Crippen LogP contribution < -0.4 is 15.1 Å². The van der Waals surface area contributed by atoms with Gasteiger partial charge < -0.3 is 20.2 Å². The zero-order valence-corrected chi connectivity index (χ0v) is 14.2. The number of carbonyl (C=O) groups is 1. The van der Waals surface area contributed by atoms with Crippen LogP contribution in [0.25, 0.3) is 0 Å². The molecule has 0 unspecified atom stereocenters. The molecule has 6 heteroatoms. The van der Waals surface area contributed by atoms with E-state index in [0.29, 0.717) is 0 Å². The van der Waals surface area contributed by atoms with Gasteiger partial charge in [0, 0.05) is 0 Å². The second-order valence-corrected chi connectivity index (χ2v) is 6.32. The van der Waals surface area contributed by atoms with E-state index in [-0.39, 0.29) is 23.4 Å². The normalized spacial score (nSPS) is 16.5. The van der Waals surface area contributed by atoms with Crippen LogP contribution in [0, 0.1) is 5.82 Å². The van der Waals surface area contributed by atoms with Crippen molar-refractivity contribution in [2.45, 2.75) is 13.0 Å². The molecule has 3 N–H and O–H groups in total. The minimum absolute atomic E-state index is 0.184. The highest BCUT2D eigenvalue weighted by Gasteiger charge is 2.30. The molecule has 1 amide bonds. The quantitative estimate of drug-likeness (QED) is 0.783. The van der Waals surface area contributed by atoms with Gasteiger partial charge in [0.1, 0.15) is 11.6 Å². The Labute approximate surface area is 146 Å². The van der Waals surface area contributed by atoms with Crippen LogP contribution in [0.4, 0.5) is 15.8 Å². The third-order valence-corrected chi connectivity index (χ3v) is 4.77. The number of hydrogen-bond donors (Lipinski definition) is 3. The van der Waals surface area contributed by atoms with Crippen molar-refractivity contribution in [3.63, 3.8) is 0 Å². The van der Waals surface area contributed by atoms with Crippen LogP contribution in [0.1, 0.15) is 6.92 Å². The Balaban J connectivity index is 1.58. The summed E-state index contributed by atoms with van der Waals surface area (Å²) in [5.41, 5.74) is 1.04. The van der Waals surface area contributed by atoms with Crippen molar-refractivity contribution < 1.29 is 19.2 Å². The van der Waals surface area contributed by atoms with E-state index in [0.717, 1.165) is 36.8 Å². The molecule has 1 aliphatic heterocycles. The summed E-state index contributed by atoms with van der Waals surface area (Å²) < 4.78 is 13.7. The monoisotopic (exact) mass is 344 g/mol. The van der Waals surface area contributed by atoms with Gasteiger partial charge in [0.2, 0.25) is 0 Å². The fourth-order valence-electron chi connectivity index (χ4n) is 3.19. The third-order valence-electron chi connectivity index (χ3n) is 4.77. The molecule has 3 rings (SSSR count). The predicted molar refractivity (Wildman–Crippen MR) is 95.5 cm³/mol. The number of nitrogens with zero attached hydrogens (tertiary/aromatic N) is 1. The SMILES string of the molecule is C[C@@H](C(=O)Nc1ccccc1F)[NH+]1CCN(c2ccccc2O)CC1. The van der Waals surface area contributed by atoms with Crippen molar-refractivity contribution in [1.29, 1.82) is 0 Å². The fourth-order valence-corrected chi connectivity index (χ4v) is 3.19. The fraction of sp³-hybridized carbons (Fsp3) is 0.316. The molecule has 2 aromatic rings. The molecule has 0 aliphatic carbocycles. The molecule has 1 fully saturated rings. The molecule has 2 aromatic carbocycles. The van der Waals surface area contributed by atoms with E-state index in [2.05, 4.69) is 10.2 Å². The number of para-hydroxylation sites is 3. The molecule has 0 radical (unpaired) electrons. The molecule has 0 aromatic heterocycles. The predicted octanol–water partition coefficient (Wildman–Crippen LogP) is 1.26. The lowest BCUT2D eigenvalue weighted by Gasteiger charge is -2.36. The van der Waals surface area contributed by atoms with Crippen molar-refractivity contribution in [1.82, 2.24) is 0 Å². The van der Waals surface area contributed by atoms with Crippen molar-refractivity contribution in [3.05, 3.63) is 54.3 Å². The number of quaternary nitrogens is 1. The summed E-state index contributed by atoms with van der Waals surface area (Å²) in [7, 11) is 0. The van der Waals surface area contributed by atoms with Crippen LogP contribution in [0.2, 0.25) is 0 Å². The molecule has 0 bridgehead atoms. The van der Waals surface area contributed by atoms with Gasteiger partial charge in [-0.3, -0.25) is 4.79 Å². The summed E-state index contributed by atoms with van der Waals surface area (Å²) >= 11 is 0. The van der Waals surface area contributed by atoms with Gasteiger partial charge in [0.15, 0.2) is 6.04 Å². The molecular weight excluding hydrogens is 321 g/mol. The van der Waals surface area contributed by atoms with Gasteiger partial charge in [0.05, 0.1) is 37.6 Å². The molecule has 1 heterocycles. The van der Waals surface area contributed by atoms with Gasteiger partial charge in [-0.05, 0) is 31.2 Å². The van der Waals surface area contributed by atoms with Gasteiger partial charge in [-0.2, -0.15) is 0 Å². The lowest BCUT2D eigenvalue weighted by molar-refractivity contribution is -0.914. The number of aromatic hydroxyl groups is 1. The molecule has 1 atom stereocenters. The van der Waals surface area contributed by atoms with E-state index in [4.69, 9.17) is 0 Å². The lowest BCUT2D eigenvalue weighted by Crippen LogP contribution is -3.19. The number of anilines is 2. The molecule has 132 valence electrons. The highest BCUT2D eigenvalue weighted by Crippen LogP contribution is 2.26. The number of amides is 1. The average molecular weight is 344 g/mol. The summed E-state index contributed by atoms with van der Waals surface area (Å²) in [6, 6.07) is 13.2. The summed E-state index contributed by atoms with van der Waals surface area (Å²) in [4.78, 5) is 15.7. The third kappa shape index (κ3) is 3.91. The number of halogens is 1. The number of piperazine rings is 1. The summed E-state index contributed by atoms with van der Waals surface area (Å²) in [5, 5.41) is 12.6. The van der Waals surface area contributed by atoms with E-state index < -0.39 is 5.82 Å². The molecular formula is C19H23FN3O2+. The number of hydrogen-bond acceptors (Lipinski definition) is 3. The Morgan fingerprint density at radius 2 is 1.80 bits per heavy atom. The smallest absolute Gasteiger partial charge is 0.282 e. The molecule has 0 saturated carbocycles. The van der Waals surface area contributed by atoms with Crippen LogP contribution in [0.3, 0.4) is 0 Å². The van der Waals surface area contributed by atoms with Gasteiger partial charge in [-0.15, -0.1) is 0 Å². The minimum atomic E-state index is -0.428. The van der Waals surface area contributed by atoms with Crippen LogP contribution in [0.15, 0.2) is 48.5 Å². The lowest BCUT2D eigenvalue weighted by atomic mass is 10.2. The maximum Gasteiger partial charge on any atom is 0.282 e. The number of carbonyl (C=O) groups excluding carboxylic acids is 1. The van der Waals surface area contributed by atoms with Gasteiger partial charge in [-0.1, -0.05) is 24.3 Å². The van der Waals surface area contributed by atoms with Gasteiger partial charge >= 0.3 is 0 Å². The number of benzene rings is 2. The van der Waals surface area contributed by atoms with E-state index in [9.17, 15) is 14.3 Å². The maximum absolute atomic E-state index is 13.7. The van der Waals surface area contributed by atoms with Crippen molar-refractivity contribution in [2.75, 3.05) is 36.4 Å². The molecule has 5 nitrogen and oxygen atoms in total. The van der Waals surface area contributed by atoms with Gasteiger partial charge in [-0.25, -0.2) is 4.39 Å². The topological polar surface area (TPSA) is 57.0 Å². The Kier molecular flexibility index (Phi) is 5.19. The van der Waals surface area contributed by atoms with E-state index in [1.54, 1.807) is 30.3 Å². The standard InChI is InChI=1S/C19H22FN3O2/c1-14(19(25)21-16-7-3-2-6-15(16)20)22-10-12-23(13-11-22)17-8-4-5-9-18(17)24/h2-9,14,24H,10-13H2,1H3,(H,21,25)/p+1/t14-/m0/s1. The summed E-state index contributed by atoms with van der Waals surface area (Å²) in [5.74, 6) is -0.338. The Bertz CT molecular complexity index is 745. The number of rotatable bonds is 4. The van der Waals surface area contributed by atoms with Crippen LogP contribution in [0.5, 0.6) is 5.75 Å². The number of nitrogens with one attached hydrogen (secondary N) is 2. The largest absolute Gasteiger partial charge is 0.506 e. The van der Waals surface area contributed by atoms with E-state index in [1.165, 1.54) is 6.07 Å². The second kappa shape index (κ2) is 7.53. The second-order valence-electron chi connectivity index (χ2n) is 6.32. The zero-order valence-electron chi connectivity index (χ0n) is 14.2. The Morgan fingerprint density at radius 1 is 1.16 bits per heavy atom. The first-order valence-electron chi connectivity index (χ1n) is 8.49. The van der Waals surface area contributed by atoms with E-state index in [1.807, 2.05) is 19.1 Å². The average Bonchev–Trinajstić information content (AvgIpc) is 2.63. The molecule has 1 saturated heterocycles. The molecule has 1 aliphatic rings.